The van der Waals surface area contributed by atoms with Crippen LogP contribution in [-0.2, 0) is 10.3 Å². The lowest BCUT2D eigenvalue weighted by atomic mass is 9.72. The summed E-state index contributed by atoms with van der Waals surface area (Å²) in [6.07, 6.45) is 4.36. The van der Waals surface area contributed by atoms with E-state index >= 15 is 0 Å². The first-order valence-electron chi connectivity index (χ1n) is 5.37. The van der Waals surface area contributed by atoms with E-state index in [1.165, 1.54) is 12.3 Å². The average Bonchev–Trinajstić information content (AvgIpc) is 2.29. The van der Waals surface area contributed by atoms with Gasteiger partial charge in [-0.1, -0.05) is 0 Å². The van der Waals surface area contributed by atoms with E-state index in [1.54, 1.807) is 0 Å². The van der Waals surface area contributed by atoms with Gasteiger partial charge in [0.25, 0.3) is 0 Å². The highest BCUT2D eigenvalue weighted by atomic mass is 32.2. The fourth-order valence-corrected chi connectivity index (χ4v) is 2.67. The first kappa shape index (κ1) is 13.2. The molecule has 18 heavy (non-hydrogen) atoms. The Morgan fingerprint density at radius 1 is 1.33 bits per heavy atom. The van der Waals surface area contributed by atoms with Crippen LogP contribution >= 0.6 is 11.8 Å². The van der Waals surface area contributed by atoms with Gasteiger partial charge in [-0.15, -0.1) is 11.8 Å². The predicted molar refractivity (Wildman–Crippen MR) is 61.7 cm³/mol. The van der Waals surface area contributed by atoms with Crippen molar-refractivity contribution in [3.63, 3.8) is 0 Å². The minimum Gasteiger partial charge on any atom is -0.211 e. The third-order valence-electron chi connectivity index (χ3n) is 3.26. The summed E-state index contributed by atoms with van der Waals surface area (Å²) < 4.78 is 41.3. The lowest BCUT2D eigenvalue weighted by Crippen LogP contribution is -2.33. The Labute approximate surface area is 106 Å². The number of hydrogen-bond donors (Lipinski definition) is 0. The van der Waals surface area contributed by atoms with Gasteiger partial charge in [0.15, 0.2) is 11.6 Å². The molecule has 2 nitrogen and oxygen atoms in total. The van der Waals surface area contributed by atoms with Crippen molar-refractivity contribution in [3.05, 3.63) is 29.1 Å². The molecule has 96 valence electrons. The highest BCUT2D eigenvalue weighted by Crippen LogP contribution is 2.47. The molecule has 2 rings (SSSR count). The standard InChI is InChI=1S/C12H10F3NOS/c1-18-11-8(13)5-7(9(14)10(11)15)12(16-6-17)3-2-4-12/h5H,2-4H2,1H3. The van der Waals surface area contributed by atoms with E-state index < -0.39 is 23.0 Å². The third kappa shape index (κ3) is 1.85. The van der Waals surface area contributed by atoms with E-state index in [4.69, 9.17) is 0 Å². The first-order valence-corrected chi connectivity index (χ1v) is 6.59. The summed E-state index contributed by atoms with van der Waals surface area (Å²) >= 11 is 0.797. The molecule has 0 unspecified atom stereocenters. The number of aliphatic imine (C=N–C) groups is 1. The Morgan fingerprint density at radius 3 is 2.44 bits per heavy atom. The van der Waals surface area contributed by atoms with Crippen LogP contribution in [0.4, 0.5) is 13.2 Å². The van der Waals surface area contributed by atoms with Gasteiger partial charge in [-0.25, -0.2) is 18.0 Å². The number of halogens is 3. The monoisotopic (exact) mass is 273 g/mol. The molecule has 0 atom stereocenters. The molecule has 0 N–H and O–H groups in total. The molecular formula is C12H10F3NOS. The number of benzene rings is 1. The lowest BCUT2D eigenvalue weighted by Gasteiger charge is -2.37. The average molecular weight is 273 g/mol. The van der Waals surface area contributed by atoms with E-state index in [1.807, 2.05) is 0 Å². The number of hydrogen-bond acceptors (Lipinski definition) is 3. The van der Waals surface area contributed by atoms with E-state index in [9.17, 15) is 18.0 Å². The van der Waals surface area contributed by atoms with Crippen LogP contribution in [0.15, 0.2) is 16.0 Å². The molecule has 0 amide bonds. The fourth-order valence-electron chi connectivity index (χ4n) is 2.14. The summed E-state index contributed by atoms with van der Waals surface area (Å²) in [6, 6.07) is 0.935. The van der Waals surface area contributed by atoms with Gasteiger partial charge in [0, 0.05) is 5.56 Å². The van der Waals surface area contributed by atoms with Crippen molar-refractivity contribution in [2.24, 2.45) is 4.99 Å². The maximum absolute atomic E-state index is 13.9. The Hall–Kier alpha value is -1.26. The molecule has 1 fully saturated rings. The van der Waals surface area contributed by atoms with Gasteiger partial charge < -0.3 is 0 Å². The summed E-state index contributed by atoms with van der Waals surface area (Å²) in [7, 11) is 0. The van der Waals surface area contributed by atoms with Crippen LogP contribution in [0.25, 0.3) is 0 Å². The van der Waals surface area contributed by atoms with Gasteiger partial charge in [-0.3, -0.25) is 0 Å². The molecule has 6 heteroatoms. The van der Waals surface area contributed by atoms with Crippen LogP contribution < -0.4 is 0 Å². The second-order valence-corrected chi connectivity index (χ2v) is 4.97. The maximum atomic E-state index is 13.9. The minimum absolute atomic E-state index is 0.190. The van der Waals surface area contributed by atoms with Gasteiger partial charge in [-0.2, -0.15) is 4.99 Å². The zero-order valence-electron chi connectivity index (χ0n) is 9.60. The topological polar surface area (TPSA) is 29.4 Å². The van der Waals surface area contributed by atoms with Crippen molar-refractivity contribution >= 4 is 17.8 Å². The fraction of sp³-hybridized carbons (Fsp3) is 0.417. The Balaban J connectivity index is 2.62. The predicted octanol–water partition coefficient (Wildman–Crippen LogP) is 3.54. The zero-order valence-corrected chi connectivity index (χ0v) is 10.4. The Bertz CT molecular complexity index is 537. The van der Waals surface area contributed by atoms with Crippen molar-refractivity contribution < 1.29 is 18.0 Å². The summed E-state index contributed by atoms with van der Waals surface area (Å²) in [5.41, 5.74) is -1.32. The number of rotatable bonds is 3. The molecule has 0 spiro atoms. The molecule has 0 saturated heterocycles. The number of isocyanates is 1. The number of nitrogens with zero attached hydrogens (tertiary/aromatic N) is 1. The van der Waals surface area contributed by atoms with Crippen molar-refractivity contribution in [1.82, 2.24) is 0 Å². The molecule has 0 bridgehead atoms. The van der Waals surface area contributed by atoms with Crippen molar-refractivity contribution in [2.45, 2.75) is 29.7 Å². The Kier molecular flexibility index (Phi) is 3.50. The van der Waals surface area contributed by atoms with Gasteiger partial charge in [0.05, 0.1) is 4.90 Å². The van der Waals surface area contributed by atoms with Gasteiger partial charge in [-0.05, 0) is 31.6 Å². The summed E-state index contributed by atoms with van der Waals surface area (Å²) in [5.74, 6) is -3.17. The molecule has 1 saturated carbocycles. The summed E-state index contributed by atoms with van der Waals surface area (Å²) in [4.78, 5) is 13.6. The molecule has 0 aliphatic heterocycles. The molecule has 1 aromatic carbocycles. The Morgan fingerprint density at radius 2 is 2.00 bits per heavy atom. The van der Waals surface area contributed by atoms with Crippen molar-refractivity contribution in [2.75, 3.05) is 6.26 Å². The van der Waals surface area contributed by atoms with Gasteiger partial charge in [0.2, 0.25) is 6.08 Å². The van der Waals surface area contributed by atoms with Crippen molar-refractivity contribution in [1.29, 1.82) is 0 Å². The highest BCUT2D eigenvalue weighted by molar-refractivity contribution is 7.98. The largest absolute Gasteiger partial charge is 0.235 e. The molecule has 1 aromatic rings. The van der Waals surface area contributed by atoms with Crippen molar-refractivity contribution in [3.8, 4) is 0 Å². The quantitative estimate of drug-likeness (QED) is 0.365. The van der Waals surface area contributed by atoms with E-state index in [0.29, 0.717) is 12.8 Å². The van der Waals surface area contributed by atoms with Crippen LogP contribution in [0.5, 0.6) is 0 Å². The summed E-state index contributed by atoms with van der Waals surface area (Å²) in [5, 5.41) is 0. The third-order valence-corrected chi connectivity index (χ3v) is 4.04. The van der Waals surface area contributed by atoms with Gasteiger partial charge in [0.1, 0.15) is 11.4 Å². The number of thioether (sulfide) groups is 1. The first-order chi connectivity index (χ1) is 8.55. The second kappa shape index (κ2) is 4.78. The van der Waals surface area contributed by atoms with E-state index in [2.05, 4.69) is 4.99 Å². The molecular weight excluding hydrogens is 263 g/mol. The maximum Gasteiger partial charge on any atom is 0.235 e. The van der Waals surface area contributed by atoms with Crippen LogP contribution in [0.1, 0.15) is 24.8 Å². The van der Waals surface area contributed by atoms with Crippen LogP contribution in [-0.4, -0.2) is 12.3 Å². The normalized spacial score (nSPS) is 16.9. The molecule has 0 heterocycles. The molecule has 1 aliphatic rings. The second-order valence-electron chi connectivity index (χ2n) is 4.16. The van der Waals surface area contributed by atoms with E-state index in [0.717, 1.165) is 24.2 Å². The molecule has 0 aromatic heterocycles. The van der Waals surface area contributed by atoms with Crippen LogP contribution in [0, 0.1) is 17.5 Å². The minimum atomic E-state index is -1.22. The SMILES string of the molecule is CSc1c(F)cc(C2(N=C=O)CCC2)c(F)c1F. The smallest absolute Gasteiger partial charge is 0.211 e. The zero-order chi connectivity index (χ0) is 13.3. The van der Waals surface area contributed by atoms with Crippen LogP contribution in [0.3, 0.4) is 0 Å². The molecule has 0 radical (unpaired) electrons. The van der Waals surface area contributed by atoms with E-state index in [-0.39, 0.29) is 10.5 Å². The van der Waals surface area contributed by atoms with Crippen LogP contribution in [0.2, 0.25) is 0 Å². The summed E-state index contributed by atoms with van der Waals surface area (Å²) in [6.45, 7) is 0. The lowest BCUT2D eigenvalue weighted by molar-refractivity contribution is 0.242. The number of carbonyl (C=O) groups excluding carboxylic acids is 1. The highest BCUT2D eigenvalue weighted by Gasteiger charge is 2.42. The van der Waals surface area contributed by atoms with Gasteiger partial charge >= 0.3 is 0 Å². The molecule has 1 aliphatic carbocycles.